The standard InChI is InChI=1S/C7H15N2O2P/c1-3-7(9,6-8)4-5-12(2,10)11/h3-5,9H2,1-2H3,(H,10,11). The Hall–Kier alpha value is -0.360. The Morgan fingerprint density at radius 3 is 2.50 bits per heavy atom. The molecule has 0 heterocycles. The molecule has 0 aliphatic rings. The van der Waals surface area contributed by atoms with E-state index in [0.717, 1.165) is 0 Å². The molecular formula is C7H15N2O2P. The van der Waals surface area contributed by atoms with Crippen molar-refractivity contribution in [2.75, 3.05) is 12.8 Å². The van der Waals surface area contributed by atoms with Gasteiger partial charge < -0.3 is 10.6 Å². The third-order valence-corrected chi connectivity index (χ3v) is 2.88. The van der Waals surface area contributed by atoms with Crippen LogP contribution in [0.5, 0.6) is 0 Å². The Labute approximate surface area is 72.8 Å². The Bertz CT molecular complexity index is 230. The normalized spacial score (nSPS) is 20.6. The van der Waals surface area contributed by atoms with Crippen LogP contribution in [0.15, 0.2) is 0 Å². The second-order valence-corrected chi connectivity index (χ2v) is 5.70. The summed E-state index contributed by atoms with van der Waals surface area (Å²) in [6, 6.07) is 1.95. The van der Waals surface area contributed by atoms with Crippen LogP contribution >= 0.6 is 7.37 Å². The van der Waals surface area contributed by atoms with E-state index in [1.54, 1.807) is 6.92 Å². The molecule has 0 aliphatic carbocycles. The van der Waals surface area contributed by atoms with E-state index in [4.69, 9.17) is 15.9 Å². The molecule has 5 heteroatoms. The highest BCUT2D eigenvalue weighted by molar-refractivity contribution is 7.57. The third-order valence-electron chi connectivity index (χ3n) is 1.83. The zero-order valence-electron chi connectivity index (χ0n) is 7.45. The van der Waals surface area contributed by atoms with Crippen molar-refractivity contribution in [1.82, 2.24) is 0 Å². The summed E-state index contributed by atoms with van der Waals surface area (Å²) in [5.74, 6) is 0. The Morgan fingerprint density at radius 2 is 2.25 bits per heavy atom. The van der Waals surface area contributed by atoms with Crippen LogP contribution < -0.4 is 5.73 Å². The Morgan fingerprint density at radius 1 is 1.75 bits per heavy atom. The average molecular weight is 190 g/mol. The summed E-state index contributed by atoms with van der Waals surface area (Å²) >= 11 is 0. The summed E-state index contributed by atoms with van der Waals surface area (Å²) in [6.45, 7) is 3.07. The van der Waals surface area contributed by atoms with Crippen LogP contribution in [-0.2, 0) is 4.57 Å². The van der Waals surface area contributed by atoms with Crippen LogP contribution in [0.1, 0.15) is 19.8 Å². The van der Waals surface area contributed by atoms with Gasteiger partial charge in [0.15, 0.2) is 7.37 Å². The molecule has 4 nitrogen and oxygen atoms in total. The molecule has 70 valence electrons. The predicted molar refractivity (Wildman–Crippen MR) is 48.1 cm³/mol. The van der Waals surface area contributed by atoms with Crippen molar-refractivity contribution >= 4 is 7.37 Å². The van der Waals surface area contributed by atoms with Crippen molar-refractivity contribution in [2.24, 2.45) is 5.73 Å². The molecule has 0 rings (SSSR count). The highest BCUT2D eigenvalue weighted by Gasteiger charge is 2.24. The number of hydrogen-bond donors (Lipinski definition) is 2. The summed E-state index contributed by atoms with van der Waals surface area (Å²) in [6.07, 6.45) is 0.901. The summed E-state index contributed by atoms with van der Waals surface area (Å²) in [4.78, 5) is 8.96. The van der Waals surface area contributed by atoms with Gasteiger partial charge in [-0.15, -0.1) is 0 Å². The molecule has 0 aromatic carbocycles. The molecule has 0 radical (unpaired) electrons. The lowest BCUT2D eigenvalue weighted by Crippen LogP contribution is -2.38. The number of nitrogens with zero attached hydrogens (tertiary/aromatic N) is 1. The number of rotatable bonds is 4. The molecule has 0 saturated carbocycles. The van der Waals surface area contributed by atoms with Crippen LogP contribution in [0.4, 0.5) is 0 Å². The highest BCUT2D eigenvalue weighted by atomic mass is 31.2. The predicted octanol–water partition coefficient (Wildman–Crippen LogP) is 0.908. The molecule has 0 fully saturated rings. The maximum Gasteiger partial charge on any atom is 0.197 e. The molecule has 2 atom stereocenters. The summed E-state index contributed by atoms with van der Waals surface area (Å²) < 4.78 is 10.9. The number of hydrogen-bond acceptors (Lipinski definition) is 3. The molecule has 0 aromatic rings. The van der Waals surface area contributed by atoms with Crippen LogP contribution in [0.25, 0.3) is 0 Å². The van der Waals surface area contributed by atoms with Gasteiger partial charge in [0.1, 0.15) is 5.54 Å². The maximum absolute atomic E-state index is 10.9. The van der Waals surface area contributed by atoms with Crippen molar-refractivity contribution in [2.45, 2.75) is 25.3 Å². The van der Waals surface area contributed by atoms with Gasteiger partial charge in [-0.25, -0.2) is 0 Å². The van der Waals surface area contributed by atoms with Gasteiger partial charge in [-0.3, -0.25) is 4.57 Å². The van der Waals surface area contributed by atoms with Gasteiger partial charge in [0.05, 0.1) is 6.07 Å². The molecular weight excluding hydrogens is 175 g/mol. The zero-order valence-corrected chi connectivity index (χ0v) is 8.34. The lowest BCUT2D eigenvalue weighted by Gasteiger charge is -2.19. The first-order valence-electron chi connectivity index (χ1n) is 3.82. The van der Waals surface area contributed by atoms with Crippen molar-refractivity contribution in [1.29, 1.82) is 5.26 Å². The van der Waals surface area contributed by atoms with Crippen molar-refractivity contribution in [3.8, 4) is 6.07 Å². The smallest absolute Gasteiger partial charge is 0.197 e. The fourth-order valence-electron chi connectivity index (χ4n) is 0.719. The van der Waals surface area contributed by atoms with E-state index in [0.29, 0.717) is 6.42 Å². The maximum atomic E-state index is 10.9. The lowest BCUT2D eigenvalue weighted by atomic mass is 9.97. The van der Waals surface area contributed by atoms with Crippen LogP contribution in [-0.4, -0.2) is 23.3 Å². The SMILES string of the molecule is CCC(N)(C#N)CCP(C)(=O)O. The summed E-state index contributed by atoms with van der Waals surface area (Å²) in [5, 5.41) is 8.64. The fraction of sp³-hybridized carbons (Fsp3) is 0.857. The van der Waals surface area contributed by atoms with Gasteiger partial charge in [0, 0.05) is 12.8 Å². The van der Waals surface area contributed by atoms with Crippen LogP contribution in [0.2, 0.25) is 0 Å². The minimum absolute atomic E-state index is 0.116. The fourth-order valence-corrected chi connectivity index (χ4v) is 1.53. The third kappa shape index (κ3) is 4.50. The lowest BCUT2D eigenvalue weighted by molar-refractivity contribution is 0.460. The van der Waals surface area contributed by atoms with Gasteiger partial charge >= 0.3 is 0 Å². The first-order chi connectivity index (χ1) is 5.33. The molecule has 3 N–H and O–H groups in total. The zero-order chi connectivity index (χ0) is 9.83. The van der Waals surface area contributed by atoms with Gasteiger partial charge in [-0.05, 0) is 12.8 Å². The quantitative estimate of drug-likeness (QED) is 0.645. The van der Waals surface area contributed by atoms with Crippen molar-refractivity contribution in [3.05, 3.63) is 0 Å². The van der Waals surface area contributed by atoms with Crippen molar-refractivity contribution in [3.63, 3.8) is 0 Å². The van der Waals surface area contributed by atoms with E-state index >= 15 is 0 Å². The highest BCUT2D eigenvalue weighted by Crippen LogP contribution is 2.37. The number of nitriles is 1. The molecule has 2 unspecified atom stereocenters. The molecule has 0 spiro atoms. The van der Waals surface area contributed by atoms with Crippen LogP contribution in [0, 0.1) is 11.3 Å². The molecule has 0 amide bonds. The second kappa shape index (κ2) is 4.04. The Kier molecular flexibility index (Phi) is 3.92. The van der Waals surface area contributed by atoms with Crippen molar-refractivity contribution < 1.29 is 9.46 Å². The van der Waals surface area contributed by atoms with E-state index in [2.05, 4.69) is 0 Å². The van der Waals surface area contributed by atoms with Crippen LogP contribution in [0.3, 0.4) is 0 Å². The monoisotopic (exact) mass is 190 g/mol. The molecule has 12 heavy (non-hydrogen) atoms. The number of nitrogens with two attached hydrogens (primary N) is 1. The minimum Gasteiger partial charge on any atom is -0.344 e. The Balaban J connectivity index is 4.10. The molecule has 0 bridgehead atoms. The van der Waals surface area contributed by atoms with Gasteiger partial charge in [-0.2, -0.15) is 5.26 Å². The summed E-state index contributed by atoms with van der Waals surface area (Å²) in [5.41, 5.74) is 4.67. The van der Waals surface area contributed by atoms with E-state index in [1.165, 1.54) is 6.66 Å². The first-order valence-corrected chi connectivity index (χ1v) is 6.11. The topological polar surface area (TPSA) is 87.1 Å². The summed E-state index contributed by atoms with van der Waals surface area (Å²) in [7, 11) is -3.02. The van der Waals surface area contributed by atoms with E-state index < -0.39 is 12.9 Å². The molecule has 0 aromatic heterocycles. The first kappa shape index (κ1) is 11.6. The van der Waals surface area contributed by atoms with Gasteiger partial charge in [0.2, 0.25) is 0 Å². The van der Waals surface area contributed by atoms with E-state index in [-0.39, 0.29) is 12.6 Å². The largest absolute Gasteiger partial charge is 0.344 e. The van der Waals surface area contributed by atoms with E-state index in [1.807, 2.05) is 6.07 Å². The minimum atomic E-state index is -3.02. The molecule has 0 aliphatic heterocycles. The average Bonchev–Trinajstić information content (AvgIpc) is 1.99. The van der Waals surface area contributed by atoms with E-state index in [9.17, 15) is 4.57 Å². The van der Waals surface area contributed by atoms with Gasteiger partial charge in [0.25, 0.3) is 0 Å². The van der Waals surface area contributed by atoms with Gasteiger partial charge in [-0.1, -0.05) is 6.92 Å². The molecule has 0 saturated heterocycles. The second-order valence-electron chi connectivity index (χ2n) is 3.15.